The van der Waals surface area contributed by atoms with Crippen molar-refractivity contribution in [1.82, 2.24) is 0 Å². The van der Waals surface area contributed by atoms with Crippen LogP contribution in [-0.4, -0.2) is 32.9 Å². The summed E-state index contributed by atoms with van der Waals surface area (Å²) >= 11 is 10.1. The third-order valence-corrected chi connectivity index (χ3v) is 5.18. The summed E-state index contributed by atoms with van der Waals surface area (Å²) in [6.07, 6.45) is 0.997. The van der Waals surface area contributed by atoms with E-state index in [-0.39, 0.29) is 0 Å². The number of halogens is 2. The Hall–Kier alpha value is -1.43. The van der Waals surface area contributed by atoms with Crippen LogP contribution < -0.4 is 15.0 Å². The highest BCUT2D eigenvalue weighted by atomic mass is 79.9. The fourth-order valence-electron chi connectivity index (χ4n) is 2.87. The van der Waals surface area contributed by atoms with Gasteiger partial charge in [-0.3, -0.25) is 0 Å². The van der Waals surface area contributed by atoms with E-state index >= 15 is 0 Å². The second kappa shape index (κ2) is 9.49. The van der Waals surface area contributed by atoms with Crippen LogP contribution in [0, 0.1) is 0 Å². The monoisotopic (exact) mass is 438 g/mol. The van der Waals surface area contributed by atoms with Gasteiger partial charge in [-0.15, -0.1) is 0 Å². The maximum Gasteiger partial charge on any atom is 0.133 e. The average Bonchev–Trinajstić information content (AvgIpc) is 2.66. The van der Waals surface area contributed by atoms with E-state index < -0.39 is 0 Å². The molecule has 1 aliphatic rings. The molecule has 1 N–H and O–H groups in total. The van der Waals surface area contributed by atoms with Crippen molar-refractivity contribution >= 4 is 38.9 Å². The van der Waals surface area contributed by atoms with Crippen molar-refractivity contribution < 1.29 is 9.47 Å². The molecule has 0 aromatic heterocycles. The summed E-state index contributed by atoms with van der Waals surface area (Å²) in [7, 11) is 0. The highest BCUT2D eigenvalue weighted by molar-refractivity contribution is 9.10. The second-order valence-corrected chi connectivity index (χ2v) is 7.49. The molecule has 0 spiro atoms. The maximum absolute atomic E-state index is 6.49. The average molecular weight is 440 g/mol. The Kier molecular flexibility index (Phi) is 7.06. The van der Waals surface area contributed by atoms with Gasteiger partial charge in [-0.1, -0.05) is 24.6 Å². The molecule has 0 saturated carbocycles. The van der Waals surface area contributed by atoms with E-state index in [0.29, 0.717) is 0 Å². The lowest BCUT2D eigenvalue weighted by Gasteiger charge is -2.29. The van der Waals surface area contributed by atoms with Crippen LogP contribution in [0.4, 0.5) is 11.4 Å². The third kappa shape index (κ3) is 5.06. The summed E-state index contributed by atoms with van der Waals surface area (Å²) in [6, 6.07) is 12.3. The minimum Gasteiger partial charge on any atom is -0.492 e. The first-order valence-electron chi connectivity index (χ1n) is 8.94. The van der Waals surface area contributed by atoms with Crippen LogP contribution >= 0.6 is 27.5 Å². The van der Waals surface area contributed by atoms with Gasteiger partial charge in [-0.2, -0.15) is 0 Å². The lowest BCUT2D eigenvalue weighted by Crippen LogP contribution is -2.36. The number of benzene rings is 2. The Morgan fingerprint density at radius 2 is 2.00 bits per heavy atom. The molecule has 1 aliphatic heterocycles. The lowest BCUT2D eigenvalue weighted by atomic mass is 10.2. The van der Waals surface area contributed by atoms with Gasteiger partial charge in [0.1, 0.15) is 5.75 Å². The second-order valence-electron chi connectivity index (χ2n) is 6.23. The first kappa shape index (κ1) is 19.3. The molecule has 26 heavy (non-hydrogen) atoms. The van der Waals surface area contributed by atoms with Crippen molar-refractivity contribution in [3.8, 4) is 5.75 Å². The zero-order valence-electron chi connectivity index (χ0n) is 14.9. The van der Waals surface area contributed by atoms with Crippen LogP contribution in [0.5, 0.6) is 5.75 Å². The SMILES string of the molecule is CCCOc1ccc(CNc2ccc(N3CCOCC3)c(Cl)c2)cc1Br. The molecular formula is C20H24BrClN2O2. The van der Waals surface area contributed by atoms with Gasteiger partial charge in [0.2, 0.25) is 0 Å². The predicted molar refractivity (Wildman–Crippen MR) is 112 cm³/mol. The number of hydrogen-bond acceptors (Lipinski definition) is 4. The zero-order chi connectivity index (χ0) is 18.4. The van der Waals surface area contributed by atoms with Crippen molar-refractivity contribution in [3.63, 3.8) is 0 Å². The molecule has 0 bridgehead atoms. The van der Waals surface area contributed by atoms with E-state index in [4.69, 9.17) is 21.1 Å². The lowest BCUT2D eigenvalue weighted by molar-refractivity contribution is 0.122. The number of nitrogens with zero attached hydrogens (tertiary/aromatic N) is 1. The molecule has 0 radical (unpaired) electrons. The Labute approximate surface area is 168 Å². The van der Waals surface area contributed by atoms with E-state index in [2.05, 4.69) is 57.3 Å². The van der Waals surface area contributed by atoms with Gasteiger partial charge in [0.15, 0.2) is 0 Å². The molecule has 4 nitrogen and oxygen atoms in total. The van der Waals surface area contributed by atoms with Crippen molar-refractivity contribution in [1.29, 1.82) is 0 Å². The van der Waals surface area contributed by atoms with E-state index in [0.717, 1.165) is 72.5 Å². The first-order valence-corrected chi connectivity index (χ1v) is 10.1. The quantitative estimate of drug-likeness (QED) is 0.631. The first-order chi connectivity index (χ1) is 12.7. The van der Waals surface area contributed by atoms with Gasteiger partial charge in [-0.25, -0.2) is 0 Å². The molecule has 1 fully saturated rings. The molecule has 0 atom stereocenters. The van der Waals surface area contributed by atoms with Crippen LogP contribution in [0.3, 0.4) is 0 Å². The largest absolute Gasteiger partial charge is 0.492 e. The third-order valence-electron chi connectivity index (χ3n) is 4.25. The van der Waals surface area contributed by atoms with Gasteiger partial charge in [-0.05, 0) is 58.2 Å². The summed E-state index contributed by atoms with van der Waals surface area (Å²) in [5.74, 6) is 0.883. The van der Waals surface area contributed by atoms with Crippen LogP contribution in [0.15, 0.2) is 40.9 Å². The van der Waals surface area contributed by atoms with Crippen LogP contribution in [-0.2, 0) is 11.3 Å². The predicted octanol–water partition coefficient (Wildman–Crippen LogP) is 5.34. The van der Waals surface area contributed by atoms with Gasteiger partial charge < -0.3 is 19.7 Å². The molecule has 1 heterocycles. The molecule has 140 valence electrons. The van der Waals surface area contributed by atoms with E-state index in [1.165, 1.54) is 5.56 Å². The molecule has 6 heteroatoms. The Bertz CT molecular complexity index is 736. The summed E-state index contributed by atoms with van der Waals surface area (Å²) in [6.45, 7) is 6.82. The molecule has 0 amide bonds. The van der Waals surface area contributed by atoms with Crippen LogP contribution in [0.25, 0.3) is 0 Å². The number of anilines is 2. The normalized spacial score (nSPS) is 14.3. The summed E-state index contributed by atoms with van der Waals surface area (Å²) in [4.78, 5) is 2.27. The number of ether oxygens (including phenoxy) is 2. The summed E-state index contributed by atoms with van der Waals surface area (Å²) < 4.78 is 12.1. The Morgan fingerprint density at radius 3 is 2.69 bits per heavy atom. The molecule has 3 rings (SSSR count). The molecular weight excluding hydrogens is 416 g/mol. The van der Waals surface area contributed by atoms with Gasteiger partial charge in [0, 0.05) is 25.3 Å². The van der Waals surface area contributed by atoms with Crippen molar-refractivity contribution in [3.05, 3.63) is 51.5 Å². The van der Waals surface area contributed by atoms with Gasteiger partial charge >= 0.3 is 0 Å². The van der Waals surface area contributed by atoms with Crippen molar-refractivity contribution in [2.24, 2.45) is 0 Å². The van der Waals surface area contributed by atoms with E-state index in [9.17, 15) is 0 Å². The minimum atomic E-state index is 0.722. The highest BCUT2D eigenvalue weighted by Crippen LogP contribution is 2.30. The van der Waals surface area contributed by atoms with Gasteiger partial charge in [0.05, 0.1) is 35.0 Å². The van der Waals surface area contributed by atoms with Crippen LogP contribution in [0.1, 0.15) is 18.9 Å². The minimum absolute atomic E-state index is 0.722. The van der Waals surface area contributed by atoms with Crippen molar-refractivity contribution in [2.75, 3.05) is 43.1 Å². The number of nitrogens with one attached hydrogen (secondary N) is 1. The highest BCUT2D eigenvalue weighted by Gasteiger charge is 2.14. The van der Waals surface area contributed by atoms with E-state index in [1.807, 2.05) is 12.1 Å². The molecule has 2 aromatic rings. The number of morpholine rings is 1. The maximum atomic E-state index is 6.49. The fourth-order valence-corrected chi connectivity index (χ4v) is 3.71. The smallest absolute Gasteiger partial charge is 0.133 e. The topological polar surface area (TPSA) is 33.7 Å². The van der Waals surface area contributed by atoms with Crippen LogP contribution in [0.2, 0.25) is 5.02 Å². The van der Waals surface area contributed by atoms with Gasteiger partial charge in [0.25, 0.3) is 0 Å². The Balaban J connectivity index is 1.61. The standard InChI is InChI=1S/C20H24BrClN2O2/c1-2-9-26-20-6-3-15(12-17(20)21)14-23-16-4-5-19(18(22)13-16)24-7-10-25-11-8-24/h3-6,12-13,23H,2,7-11,14H2,1H3. The fraction of sp³-hybridized carbons (Fsp3) is 0.400. The Morgan fingerprint density at radius 1 is 1.19 bits per heavy atom. The molecule has 2 aromatic carbocycles. The van der Waals surface area contributed by atoms with Crippen molar-refractivity contribution in [2.45, 2.75) is 19.9 Å². The molecule has 0 unspecified atom stereocenters. The zero-order valence-corrected chi connectivity index (χ0v) is 17.3. The molecule has 1 saturated heterocycles. The summed E-state index contributed by atoms with van der Waals surface area (Å²) in [5.41, 5.74) is 3.25. The number of rotatable bonds is 7. The number of hydrogen-bond donors (Lipinski definition) is 1. The van der Waals surface area contributed by atoms with E-state index in [1.54, 1.807) is 0 Å². The summed E-state index contributed by atoms with van der Waals surface area (Å²) in [5, 5.41) is 4.20. The molecule has 0 aliphatic carbocycles.